The van der Waals surface area contributed by atoms with Crippen LogP contribution in [0.4, 0.5) is 0 Å². The summed E-state index contributed by atoms with van der Waals surface area (Å²) >= 11 is 0. The zero-order valence-electron chi connectivity index (χ0n) is 15.3. The fourth-order valence-corrected chi connectivity index (χ4v) is 9.22. The molecule has 0 aliphatic rings. The fourth-order valence-electron chi connectivity index (χ4n) is 2.93. The van der Waals surface area contributed by atoms with Crippen molar-refractivity contribution in [3.63, 3.8) is 0 Å². The average molecular weight is 317 g/mol. The summed E-state index contributed by atoms with van der Waals surface area (Å²) in [6, 6.07) is 1.61. The van der Waals surface area contributed by atoms with Crippen LogP contribution in [0.25, 0.3) is 0 Å². The lowest BCUT2D eigenvalue weighted by Gasteiger charge is -2.34. The molecule has 122 valence electrons. The first-order valence-electron chi connectivity index (χ1n) is 8.97. The second-order valence-electron chi connectivity index (χ2n) is 6.61. The third-order valence-electron chi connectivity index (χ3n) is 4.54. The minimum absolute atomic E-state index is 0.0658. The van der Waals surface area contributed by atoms with Gasteiger partial charge in [0.05, 0.1) is 19.4 Å². The molecule has 0 rings (SSSR count). The van der Waals surface area contributed by atoms with E-state index in [-0.39, 0.29) is 19.4 Å². The van der Waals surface area contributed by atoms with Crippen molar-refractivity contribution in [2.75, 3.05) is 13.1 Å². The van der Waals surface area contributed by atoms with Crippen LogP contribution in [-0.4, -0.2) is 53.7 Å². The Balaban J connectivity index is 4.42. The molecule has 0 saturated heterocycles. The highest BCUT2D eigenvalue weighted by Crippen LogP contribution is 2.13. The van der Waals surface area contributed by atoms with Crippen LogP contribution in [0, 0.1) is 0 Å². The standard InChI is InChI=1S/C16H40N2Si2/c1-8-12-17(14(5)10-3)19-16(7)20-18(13-9-2)15(6)11-4/h14-16H,8-13,19-20H2,1-7H3. The van der Waals surface area contributed by atoms with E-state index in [1.807, 2.05) is 0 Å². The lowest BCUT2D eigenvalue weighted by molar-refractivity contribution is 0.331. The van der Waals surface area contributed by atoms with Gasteiger partial charge in [-0.1, -0.05) is 48.5 Å². The summed E-state index contributed by atoms with van der Waals surface area (Å²) in [4.78, 5) is 0. The highest BCUT2D eigenvalue weighted by Gasteiger charge is 2.19. The van der Waals surface area contributed by atoms with Crippen molar-refractivity contribution in [1.82, 2.24) is 9.13 Å². The summed E-state index contributed by atoms with van der Waals surface area (Å²) in [7, 11) is -0.132. The summed E-state index contributed by atoms with van der Waals surface area (Å²) < 4.78 is 5.72. The van der Waals surface area contributed by atoms with E-state index in [1.165, 1.54) is 38.8 Å². The normalized spacial score (nSPS) is 17.9. The highest BCUT2D eigenvalue weighted by atomic mass is 28.3. The molecule has 0 fully saturated rings. The van der Waals surface area contributed by atoms with Gasteiger partial charge in [-0.25, -0.2) is 0 Å². The summed E-state index contributed by atoms with van der Waals surface area (Å²) in [6.07, 6.45) is 5.25. The van der Waals surface area contributed by atoms with Crippen molar-refractivity contribution in [2.24, 2.45) is 0 Å². The summed E-state index contributed by atoms with van der Waals surface area (Å²) in [5.41, 5.74) is 0. The molecule has 0 N–H and O–H groups in total. The Morgan fingerprint density at radius 1 is 0.700 bits per heavy atom. The Morgan fingerprint density at radius 2 is 1.05 bits per heavy atom. The van der Waals surface area contributed by atoms with E-state index < -0.39 is 0 Å². The van der Waals surface area contributed by atoms with Gasteiger partial charge >= 0.3 is 0 Å². The lowest BCUT2D eigenvalue weighted by atomic mass is 10.2. The SMILES string of the molecule is CCCN([SiH2]C(C)[SiH2]N(CCC)C(C)CC)C(C)CC. The van der Waals surface area contributed by atoms with Gasteiger partial charge in [0.1, 0.15) is 0 Å². The molecular weight excluding hydrogens is 276 g/mol. The Morgan fingerprint density at radius 3 is 1.30 bits per heavy atom. The molecule has 0 aliphatic carbocycles. The van der Waals surface area contributed by atoms with E-state index >= 15 is 0 Å². The van der Waals surface area contributed by atoms with Crippen molar-refractivity contribution in [3.8, 4) is 0 Å². The van der Waals surface area contributed by atoms with Crippen molar-refractivity contribution in [2.45, 2.75) is 91.4 Å². The first-order valence-corrected chi connectivity index (χ1v) is 11.9. The topological polar surface area (TPSA) is 6.48 Å². The highest BCUT2D eigenvalue weighted by molar-refractivity contribution is 6.55. The third kappa shape index (κ3) is 7.96. The fraction of sp³-hybridized carbons (Fsp3) is 1.00. The molecule has 0 aliphatic heterocycles. The van der Waals surface area contributed by atoms with Crippen LogP contribution in [0.5, 0.6) is 0 Å². The van der Waals surface area contributed by atoms with Crippen LogP contribution in [0.1, 0.15) is 74.1 Å². The van der Waals surface area contributed by atoms with Crippen molar-refractivity contribution < 1.29 is 0 Å². The second-order valence-corrected chi connectivity index (χ2v) is 12.9. The van der Waals surface area contributed by atoms with Gasteiger partial charge < -0.3 is 9.13 Å². The maximum atomic E-state index is 2.86. The molecule has 0 aromatic rings. The van der Waals surface area contributed by atoms with E-state index in [0.717, 1.165) is 17.2 Å². The Bertz CT molecular complexity index is 205. The Labute approximate surface area is 133 Å². The Kier molecular flexibility index (Phi) is 12.2. The molecule has 0 saturated carbocycles. The summed E-state index contributed by atoms with van der Waals surface area (Å²) in [6.45, 7) is 19.4. The van der Waals surface area contributed by atoms with E-state index in [9.17, 15) is 0 Å². The van der Waals surface area contributed by atoms with Gasteiger partial charge in [0, 0.05) is 0 Å². The largest absolute Gasteiger partial charge is 0.327 e. The van der Waals surface area contributed by atoms with Gasteiger partial charge in [-0.2, -0.15) is 0 Å². The van der Waals surface area contributed by atoms with Gasteiger partial charge in [-0.3, -0.25) is 0 Å². The molecule has 0 amide bonds. The van der Waals surface area contributed by atoms with Gasteiger partial charge in [-0.05, 0) is 56.0 Å². The molecule has 0 radical (unpaired) electrons. The smallest absolute Gasteiger partial charge is 0.0962 e. The first kappa shape index (κ1) is 20.4. The van der Waals surface area contributed by atoms with Gasteiger partial charge in [0.2, 0.25) is 0 Å². The Hall–Kier alpha value is 0.354. The first-order chi connectivity index (χ1) is 9.49. The van der Waals surface area contributed by atoms with Gasteiger partial charge in [-0.15, -0.1) is 0 Å². The molecular formula is C16H40N2Si2. The molecule has 0 aromatic heterocycles. The molecule has 2 unspecified atom stereocenters. The monoisotopic (exact) mass is 316 g/mol. The summed E-state index contributed by atoms with van der Waals surface area (Å²) in [5, 5.41) is 1.04. The molecule has 20 heavy (non-hydrogen) atoms. The predicted octanol–water partition coefficient (Wildman–Crippen LogP) is 2.94. The molecule has 0 spiro atoms. The van der Waals surface area contributed by atoms with Crippen LogP contribution >= 0.6 is 0 Å². The zero-order chi connectivity index (χ0) is 15.5. The van der Waals surface area contributed by atoms with Crippen molar-refractivity contribution in [1.29, 1.82) is 0 Å². The maximum absolute atomic E-state index is 2.86. The number of nitrogens with zero attached hydrogens (tertiary/aromatic N) is 2. The quantitative estimate of drug-likeness (QED) is 0.511. The predicted molar refractivity (Wildman–Crippen MR) is 100 cm³/mol. The maximum Gasteiger partial charge on any atom is 0.0962 e. The van der Waals surface area contributed by atoms with E-state index in [1.54, 1.807) is 0 Å². The third-order valence-corrected chi connectivity index (χ3v) is 10.2. The number of rotatable bonds is 12. The van der Waals surface area contributed by atoms with Crippen molar-refractivity contribution in [3.05, 3.63) is 0 Å². The van der Waals surface area contributed by atoms with Crippen molar-refractivity contribution >= 4 is 19.4 Å². The molecule has 4 heteroatoms. The van der Waals surface area contributed by atoms with Crippen LogP contribution in [0.2, 0.25) is 5.16 Å². The van der Waals surface area contributed by atoms with Crippen LogP contribution in [0.15, 0.2) is 0 Å². The minimum Gasteiger partial charge on any atom is -0.327 e. The molecule has 0 bridgehead atoms. The second kappa shape index (κ2) is 12.0. The van der Waals surface area contributed by atoms with E-state index in [2.05, 4.69) is 57.6 Å². The molecule has 0 heterocycles. The van der Waals surface area contributed by atoms with Gasteiger partial charge in [0.15, 0.2) is 0 Å². The van der Waals surface area contributed by atoms with Crippen LogP contribution in [-0.2, 0) is 0 Å². The molecule has 0 aromatic carbocycles. The average Bonchev–Trinajstić information content (AvgIpc) is 2.44. The van der Waals surface area contributed by atoms with Crippen LogP contribution in [0.3, 0.4) is 0 Å². The van der Waals surface area contributed by atoms with Crippen LogP contribution < -0.4 is 0 Å². The number of hydrogen-bond donors (Lipinski definition) is 0. The zero-order valence-corrected chi connectivity index (χ0v) is 18.1. The lowest BCUT2D eigenvalue weighted by Crippen LogP contribution is -2.44. The van der Waals surface area contributed by atoms with E-state index in [4.69, 9.17) is 0 Å². The molecule has 2 nitrogen and oxygen atoms in total. The molecule has 2 atom stereocenters. The minimum atomic E-state index is -0.0658. The van der Waals surface area contributed by atoms with Gasteiger partial charge in [0.25, 0.3) is 0 Å². The summed E-state index contributed by atoms with van der Waals surface area (Å²) in [5.74, 6) is 0. The van der Waals surface area contributed by atoms with E-state index in [0.29, 0.717) is 0 Å². The number of hydrogen-bond acceptors (Lipinski definition) is 2.